The van der Waals surface area contributed by atoms with Gasteiger partial charge in [0.1, 0.15) is 0 Å². The molecule has 88 valence electrons. The largest absolute Gasteiger partial charge is 0.315 e. The van der Waals surface area contributed by atoms with Crippen LogP contribution in [-0.2, 0) is 6.54 Å². The van der Waals surface area contributed by atoms with Crippen molar-refractivity contribution < 1.29 is 0 Å². The molecule has 1 saturated heterocycles. The number of aryl methyl sites for hydroxylation is 2. The third kappa shape index (κ3) is 3.29. The van der Waals surface area contributed by atoms with E-state index in [2.05, 4.69) is 41.6 Å². The Hall–Kier alpha value is -0.930. The third-order valence-corrected chi connectivity index (χ3v) is 3.03. The first-order chi connectivity index (χ1) is 7.74. The van der Waals surface area contributed by atoms with Crippen molar-refractivity contribution in [3.63, 3.8) is 0 Å². The number of hydrogen-bond donors (Lipinski definition) is 2. The van der Waals surface area contributed by atoms with E-state index in [0.717, 1.165) is 24.5 Å². The molecule has 1 fully saturated rings. The molecule has 2 rings (SSSR count). The van der Waals surface area contributed by atoms with E-state index in [1.807, 2.05) is 0 Å². The van der Waals surface area contributed by atoms with Crippen LogP contribution in [0.15, 0.2) is 12.1 Å². The lowest BCUT2D eigenvalue weighted by molar-refractivity contribution is 0.389. The van der Waals surface area contributed by atoms with Crippen molar-refractivity contribution >= 4 is 0 Å². The Balaban J connectivity index is 1.88. The minimum Gasteiger partial charge on any atom is -0.315 e. The topological polar surface area (TPSA) is 37.0 Å². The molecular formula is C13H21N3. The summed E-state index contributed by atoms with van der Waals surface area (Å²) in [5.74, 6) is 0. The predicted molar refractivity (Wildman–Crippen MR) is 66.4 cm³/mol. The zero-order valence-corrected chi connectivity index (χ0v) is 10.2. The molecule has 0 amide bonds. The number of rotatable bonds is 3. The predicted octanol–water partition coefficient (Wildman–Crippen LogP) is 1.54. The lowest BCUT2D eigenvalue weighted by atomic mass is 10.1. The van der Waals surface area contributed by atoms with Gasteiger partial charge in [-0.1, -0.05) is 0 Å². The van der Waals surface area contributed by atoms with Crippen molar-refractivity contribution in [3.8, 4) is 0 Å². The van der Waals surface area contributed by atoms with Crippen LogP contribution < -0.4 is 10.6 Å². The molecule has 3 heteroatoms. The van der Waals surface area contributed by atoms with Gasteiger partial charge in [0.25, 0.3) is 0 Å². The number of pyridine rings is 1. The number of nitrogens with zero attached hydrogens (tertiary/aromatic N) is 1. The Labute approximate surface area is 97.7 Å². The molecule has 0 radical (unpaired) electrons. The molecule has 1 aliphatic rings. The molecule has 1 aromatic rings. The summed E-state index contributed by atoms with van der Waals surface area (Å²) in [5.41, 5.74) is 3.56. The maximum atomic E-state index is 4.39. The van der Waals surface area contributed by atoms with Crippen molar-refractivity contribution in [2.75, 3.05) is 13.1 Å². The molecule has 0 aromatic carbocycles. The average molecular weight is 219 g/mol. The van der Waals surface area contributed by atoms with E-state index >= 15 is 0 Å². The second kappa shape index (κ2) is 5.41. The van der Waals surface area contributed by atoms with Crippen LogP contribution in [0.4, 0.5) is 0 Å². The van der Waals surface area contributed by atoms with Crippen molar-refractivity contribution in [2.24, 2.45) is 0 Å². The summed E-state index contributed by atoms with van der Waals surface area (Å²) >= 11 is 0. The second-order valence-electron chi connectivity index (χ2n) is 4.68. The Morgan fingerprint density at radius 1 is 1.38 bits per heavy atom. The smallest absolute Gasteiger partial charge is 0.0379 e. The molecule has 0 aliphatic carbocycles. The minimum absolute atomic E-state index is 0.627. The van der Waals surface area contributed by atoms with E-state index in [1.165, 1.54) is 24.9 Å². The lowest BCUT2D eigenvalue weighted by Crippen LogP contribution is -2.42. The quantitative estimate of drug-likeness (QED) is 0.809. The van der Waals surface area contributed by atoms with E-state index in [1.54, 1.807) is 0 Å². The fraction of sp³-hybridized carbons (Fsp3) is 0.615. The highest BCUT2D eigenvalue weighted by Crippen LogP contribution is 2.07. The second-order valence-corrected chi connectivity index (χ2v) is 4.68. The van der Waals surface area contributed by atoms with Gasteiger partial charge in [0.15, 0.2) is 0 Å². The van der Waals surface area contributed by atoms with E-state index in [-0.39, 0.29) is 0 Å². The molecule has 2 N–H and O–H groups in total. The molecule has 0 saturated carbocycles. The summed E-state index contributed by atoms with van der Waals surface area (Å²) < 4.78 is 0. The third-order valence-electron chi connectivity index (χ3n) is 3.03. The maximum Gasteiger partial charge on any atom is 0.0379 e. The van der Waals surface area contributed by atoms with E-state index in [9.17, 15) is 0 Å². The molecule has 0 bridgehead atoms. The van der Waals surface area contributed by atoms with Crippen molar-refractivity contribution in [2.45, 2.75) is 39.3 Å². The van der Waals surface area contributed by atoms with Crippen LogP contribution in [0.3, 0.4) is 0 Å². The van der Waals surface area contributed by atoms with E-state index in [4.69, 9.17) is 0 Å². The molecule has 2 heterocycles. The lowest BCUT2D eigenvalue weighted by Gasteiger charge is -2.24. The highest BCUT2D eigenvalue weighted by molar-refractivity contribution is 5.20. The van der Waals surface area contributed by atoms with Crippen LogP contribution in [0.5, 0.6) is 0 Å². The summed E-state index contributed by atoms with van der Waals surface area (Å²) in [6.07, 6.45) is 2.57. The van der Waals surface area contributed by atoms with Gasteiger partial charge in [-0.25, -0.2) is 0 Å². The standard InChI is InChI=1S/C13H21N3/c1-10-6-12(7-11(2)16-10)8-15-13-4-3-5-14-9-13/h6-7,13-15H,3-5,8-9H2,1-2H3. The van der Waals surface area contributed by atoms with Crippen LogP contribution in [0.25, 0.3) is 0 Å². The first-order valence-electron chi connectivity index (χ1n) is 6.12. The van der Waals surface area contributed by atoms with E-state index < -0.39 is 0 Å². The summed E-state index contributed by atoms with van der Waals surface area (Å²) in [7, 11) is 0. The van der Waals surface area contributed by atoms with Gasteiger partial charge in [0.05, 0.1) is 0 Å². The Morgan fingerprint density at radius 3 is 2.75 bits per heavy atom. The molecule has 16 heavy (non-hydrogen) atoms. The van der Waals surface area contributed by atoms with Crippen LogP contribution in [-0.4, -0.2) is 24.1 Å². The van der Waals surface area contributed by atoms with Crippen LogP contribution >= 0.6 is 0 Å². The Kier molecular flexibility index (Phi) is 3.91. The number of piperidine rings is 1. The van der Waals surface area contributed by atoms with Crippen molar-refractivity contribution in [1.29, 1.82) is 0 Å². The maximum absolute atomic E-state index is 4.39. The van der Waals surface area contributed by atoms with Gasteiger partial charge >= 0.3 is 0 Å². The normalized spacial score (nSPS) is 21.0. The van der Waals surface area contributed by atoms with Crippen LogP contribution in [0, 0.1) is 13.8 Å². The highest BCUT2D eigenvalue weighted by atomic mass is 15.0. The van der Waals surface area contributed by atoms with Gasteiger partial charge in [-0.3, -0.25) is 4.98 Å². The fourth-order valence-electron chi connectivity index (χ4n) is 2.31. The van der Waals surface area contributed by atoms with Crippen LogP contribution in [0.1, 0.15) is 29.8 Å². The average Bonchev–Trinajstić information content (AvgIpc) is 2.27. The first kappa shape index (κ1) is 11.6. The molecule has 1 atom stereocenters. The summed E-state index contributed by atoms with van der Waals surface area (Å²) in [6, 6.07) is 4.95. The molecule has 3 nitrogen and oxygen atoms in total. The van der Waals surface area contributed by atoms with Crippen LogP contribution in [0.2, 0.25) is 0 Å². The highest BCUT2D eigenvalue weighted by Gasteiger charge is 2.11. The molecule has 1 aromatic heterocycles. The number of aromatic nitrogens is 1. The minimum atomic E-state index is 0.627. The zero-order chi connectivity index (χ0) is 11.4. The Bertz CT molecular complexity index is 323. The first-order valence-corrected chi connectivity index (χ1v) is 6.12. The zero-order valence-electron chi connectivity index (χ0n) is 10.2. The number of hydrogen-bond acceptors (Lipinski definition) is 3. The SMILES string of the molecule is Cc1cc(CNC2CCCNC2)cc(C)n1. The van der Waals surface area contributed by atoms with Gasteiger partial charge in [0.2, 0.25) is 0 Å². The monoisotopic (exact) mass is 219 g/mol. The van der Waals surface area contributed by atoms with Crippen molar-refractivity contribution in [1.82, 2.24) is 15.6 Å². The summed E-state index contributed by atoms with van der Waals surface area (Å²) in [6.45, 7) is 7.34. The van der Waals surface area contributed by atoms with E-state index in [0.29, 0.717) is 6.04 Å². The van der Waals surface area contributed by atoms with Gasteiger partial charge in [-0.15, -0.1) is 0 Å². The Morgan fingerprint density at radius 2 is 2.12 bits per heavy atom. The van der Waals surface area contributed by atoms with Gasteiger partial charge in [0, 0.05) is 30.5 Å². The van der Waals surface area contributed by atoms with Gasteiger partial charge in [-0.05, 0) is 50.9 Å². The number of nitrogens with one attached hydrogen (secondary N) is 2. The van der Waals surface area contributed by atoms with Gasteiger partial charge < -0.3 is 10.6 Å². The van der Waals surface area contributed by atoms with Gasteiger partial charge in [-0.2, -0.15) is 0 Å². The molecular weight excluding hydrogens is 198 g/mol. The molecule has 1 unspecified atom stereocenters. The van der Waals surface area contributed by atoms with Crippen molar-refractivity contribution in [3.05, 3.63) is 29.1 Å². The fourth-order valence-corrected chi connectivity index (χ4v) is 2.31. The summed E-state index contributed by atoms with van der Waals surface area (Å²) in [4.78, 5) is 4.39. The summed E-state index contributed by atoms with van der Waals surface area (Å²) in [5, 5.41) is 7.02. The molecule has 0 spiro atoms. The molecule has 1 aliphatic heterocycles.